The van der Waals surface area contributed by atoms with Crippen LogP contribution >= 0.6 is 0 Å². The van der Waals surface area contributed by atoms with Gasteiger partial charge in [-0.25, -0.2) is 4.79 Å². The maximum Gasteiger partial charge on any atom is 0.338 e. The zero-order chi connectivity index (χ0) is 25.3. The number of carbonyl (C=O) groups is 3. The van der Waals surface area contributed by atoms with Crippen molar-refractivity contribution in [2.75, 3.05) is 27.6 Å². The van der Waals surface area contributed by atoms with E-state index in [9.17, 15) is 19.5 Å². The lowest BCUT2D eigenvalue weighted by Crippen LogP contribution is -2.15. The van der Waals surface area contributed by atoms with Crippen LogP contribution in [0.15, 0.2) is 35.6 Å². The van der Waals surface area contributed by atoms with Crippen LogP contribution in [0.5, 0.6) is 34.5 Å². The van der Waals surface area contributed by atoms with Gasteiger partial charge in [-0.2, -0.15) is 0 Å². The highest BCUT2D eigenvalue weighted by molar-refractivity contribution is 5.94. The number of aliphatic hydroxyl groups excluding tert-OH is 1. The number of hydrogen-bond acceptors (Lipinski definition) is 11. The number of aliphatic hydroxyl groups is 1. The number of hydrogen-bond donors (Lipinski definition) is 1. The summed E-state index contributed by atoms with van der Waals surface area (Å²) in [6, 6.07) is 6.04. The average molecular weight is 486 g/mol. The van der Waals surface area contributed by atoms with Crippen molar-refractivity contribution in [3.63, 3.8) is 0 Å². The molecule has 0 unspecified atom stereocenters. The van der Waals surface area contributed by atoms with E-state index in [1.54, 1.807) is 6.07 Å². The zero-order valence-electron chi connectivity index (χ0n) is 19.3. The number of carbonyl (C=O) groups excluding carboxylic acids is 3. The highest BCUT2D eigenvalue weighted by Crippen LogP contribution is 2.49. The van der Waals surface area contributed by atoms with Crippen LogP contribution in [0, 0.1) is 0 Å². The smallest absolute Gasteiger partial charge is 0.338 e. The number of fused-ring (bicyclic) bond motifs is 1. The normalized spacial score (nSPS) is 14.9. The minimum atomic E-state index is -1.02. The molecular weight excluding hydrogens is 464 g/mol. The summed E-state index contributed by atoms with van der Waals surface area (Å²) >= 11 is 0. The molecule has 0 aliphatic carbocycles. The van der Waals surface area contributed by atoms with Gasteiger partial charge in [0.25, 0.3) is 0 Å². The van der Waals surface area contributed by atoms with Crippen molar-refractivity contribution in [2.45, 2.75) is 19.8 Å². The first kappa shape index (κ1) is 23.7. The molecule has 0 fully saturated rings. The molecule has 4 rings (SSSR count). The predicted molar refractivity (Wildman–Crippen MR) is 117 cm³/mol. The maximum atomic E-state index is 12.7. The third-order valence-electron chi connectivity index (χ3n) is 5.29. The molecule has 0 radical (unpaired) electrons. The molecule has 11 heteroatoms. The Morgan fingerprint density at radius 1 is 0.886 bits per heavy atom. The van der Waals surface area contributed by atoms with Crippen molar-refractivity contribution < 1.29 is 52.6 Å². The van der Waals surface area contributed by atoms with E-state index in [1.165, 1.54) is 46.3 Å². The van der Waals surface area contributed by atoms with E-state index in [1.807, 2.05) is 0 Å². The quantitative estimate of drug-likeness (QED) is 0.457. The number of esters is 3. The average Bonchev–Trinajstić information content (AvgIpc) is 3.40. The van der Waals surface area contributed by atoms with E-state index in [0.29, 0.717) is 22.6 Å². The Bertz CT molecular complexity index is 1220. The highest BCUT2D eigenvalue weighted by Gasteiger charge is 2.38. The Labute approximate surface area is 199 Å². The van der Waals surface area contributed by atoms with Gasteiger partial charge in [-0.05, 0) is 23.8 Å². The highest BCUT2D eigenvalue weighted by atomic mass is 16.7. The monoisotopic (exact) mass is 486 g/mol. The van der Waals surface area contributed by atoms with Crippen molar-refractivity contribution in [2.24, 2.45) is 0 Å². The first-order valence-electron chi connectivity index (χ1n) is 10.4. The van der Waals surface area contributed by atoms with Crippen LogP contribution in [0.4, 0.5) is 0 Å². The van der Waals surface area contributed by atoms with Gasteiger partial charge in [0.15, 0.2) is 23.0 Å². The number of cyclic esters (lactones) is 1. The van der Waals surface area contributed by atoms with E-state index in [0.717, 1.165) is 0 Å². The first-order valence-corrected chi connectivity index (χ1v) is 10.4. The van der Waals surface area contributed by atoms with Gasteiger partial charge in [0.1, 0.15) is 18.1 Å². The molecule has 0 spiro atoms. The molecule has 11 nitrogen and oxygen atoms in total. The lowest BCUT2D eigenvalue weighted by molar-refractivity contribution is -0.136. The molecule has 184 valence electrons. The lowest BCUT2D eigenvalue weighted by atomic mass is 9.83. The van der Waals surface area contributed by atoms with Crippen molar-refractivity contribution in [3.05, 3.63) is 46.7 Å². The first-order chi connectivity index (χ1) is 16.7. The van der Waals surface area contributed by atoms with E-state index in [4.69, 9.17) is 33.2 Å². The molecule has 1 N–H and O–H groups in total. The third-order valence-corrected chi connectivity index (χ3v) is 5.29. The summed E-state index contributed by atoms with van der Waals surface area (Å²) in [5.74, 6) is -2.25. The van der Waals surface area contributed by atoms with Crippen LogP contribution in [-0.4, -0.2) is 50.6 Å². The van der Waals surface area contributed by atoms with Crippen LogP contribution in [0.25, 0.3) is 0 Å². The Morgan fingerprint density at radius 3 is 2.00 bits per heavy atom. The van der Waals surface area contributed by atoms with Gasteiger partial charge in [-0.3, -0.25) is 9.59 Å². The van der Waals surface area contributed by atoms with Gasteiger partial charge in [-0.1, -0.05) is 0 Å². The summed E-state index contributed by atoms with van der Waals surface area (Å²) < 4.78 is 37.5. The predicted octanol–water partition coefficient (Wildman–Crippen LogP) is 2.78. The third kappa shape index (κ3) is 4.52. The Balaban J connectivity index is 2.00. The number of ether oxygens (including phenoxy) is 7. The fourth-order valence-corrected chi connectivity index (χ4v) is 3.91. The Hall–Kier alpha value is -4.41. The number of methoxy groups -OCH3 is 2. The molecule has 2 aliphatic rings. The molecule has 0 saturated heterocycles. The van der Waals surface area contributed by atoms with Crippen LogP contribution in [0.3, 0.4) is 0 Å². The molecular formula is C24H22O11. The summed E-state index contributed by atoms with van der Waals surface area (Å²) in [6.07, 6.45) is 0. The van der Waals surface area contributed by atoms with Gasteiger partial charge >= 0.3 is 17.9 Å². The molecule has 2 aliphatic heterocycles. The molecule has 0 amide bonds. The zero-order valence-corrected chi connectivity index (χ0v) is 19.3. The second-order valence-corrected chi connectivity index (χ2v) is 7.55. The van der Waals surface area contributed by atoms with Crippen LogP contribution in [0.2, 0.25) is 0 Å². The van der Waals surface area contributed by atoms with Gasteiger partial charge in [0, 0.05) is 31.4 Å². The summed E-state index contributed by atoms with van der Waals surface area (Å²) in [5.41, 5.74) is 0.595. The van der Waals surface area contributed by atoms with E-state index in [2.05, 4.69) is 0 Å². The van der Waals surface area contributed by atoms with Gasteiger partial charge in [-0.15, -0.1) is 0 Å². The van der Waals surface area contributed by atoms with Crippen molar-refractivity contribution in [1.82, 2.24) is 0 Å². The lowest BCUT2D eigenvalue weighted by Gasteiger charge is -2.23. The van der Waals surface area contributed by atoms with Crippen molar-refractivity contribution in [1.29, 1.82) is 0 Å². The van der Waals surface area contributed by atoms with Crippen LogP contribution in [0.1, 0.15) is 30.9 Å². The fourth-order valence-electron chi connectivity index (χ4n) is 3.91. The summed E-state index contributed by atoms with van der Waals surface area (Å²) in [4.78, 5) is 36.2. The minimum Gasteiger partial charge on any atom is -0.508 e. The largest absolute Gasteiger partial charge is 0.508 e. The number of rotatable bonds is 7. The Kier molecular flexibility index (Phi) is 6.41. The maximum absolute atomic E-state index is 12.7. The minimum absolute atomic E-state index is 0.0306. The second kappa shape index (κ2) is 9.45. The molecule has 2 aromatic rings. The summed E-state index contributed by atoms with van der Waals surface area (Å²) in [7, 11) is 2.73. The van der Waals surface area contributed by atoms with E-state index < -0.39 is 23.8 Å². The summed E-state index contributed by atoms with van der Waals surface area (Å²) in [6.45, 7) is 2.09. The molecule has 0 aromatic heterocycles. The van der Waals surface area contributed by atoms with Crippen LogP contribution < -0.4 is 28.4 Å². The molecule has 2 aromatic carbocycles. The van der Waals surface area contributed by atoms with E-state index >= 15 is 0 Å². The topological polar surface area (TPSA) is 136 Å². The fraction of sp³-hybridized carbons (Fsp3) is 0.292. The second-order valence-electron chi connectivity index (χ2n) is 7.55. The van der Waals surface area contributed by atoms with Gasteiger partial charge in [0.05, 0.1) is 19.8 Å². The number of benzene rings is 2. The van der Waals surface area contributed by atoms with Gasteiger partial charge in [0.2, 0.25) is 12.5 Å². The standard InChI is InChI=1S/C24H22O11/c1-11(25)34-16-8-18-17(32-10-33-18)7-14(16)21(22-15(27)9-31-24(22)28)13-5-19(29-3)23(35-12(2)26)20(6-13)30-4/h5-8,21,27H,9-10H2,1-4H3/t21-/m0/s1. The summed E-state index contributed by atoms with van der Waals surface area (Å²) in [5, 5.41) is 10.6. The molecule has 1 atom stereocenters. The van der Waals surface area contributed by atoms with Crippen molar-refractivity contribution >= 4 is 17.9 Å². The SMILES string of the molecule is COc1cc([C@H](C2=C(O)COC2=O)c2cc3c(cc2OC(C)=O)OCO3)cc(OC)c1OC(C)=O. The van der Waals surface area contributed by atoms with Gasteiger partial charge < -0.3 is 38.3 Å². The molecule has 0 bridgehead atoms. The molecule has 2 heterocycles. The molecule has 0 saturated carbocycles. The van der Waals surface area contributed by atoms with E-state index in [-0.39, 0.29) is 47.7 Å². The molecule has 35 heavy (non-hydrogen) atoms. The Morgan fingerprint density at radius 2 is 1.49 bits per heavy atom. The van der Waals surface area contributed by atoms with Crippen LogP contribution in [-0.2, 0) is 19.1 Å². The van der Waals surface area contributed by atoms with Crippen molar-refractivity contribution in [3.8, 4) is 34.5 Å².